The van der Waals surface area contributed by atoms with Crippen LogP contribution in [0.2, 0.25) is 0 Å². The summed E-state index contributed by atoms with van der Waals surface area (Å²) < 4.78 is 0. The number of hydrogen-bond donors (Lipinski definition) is 2. The molecule has 0 atom stereocenters. The Balaban J connectivity index is 1.85. The summed E-state index contributed by atoms with van der Waals surface area (Å²) in [5, 5.41) is 9.15. The number of aromatic nitrogens is 2. The van der Waals surface area contributed by atoms with E-state index < -0.39 is 0 Å². The van der Waals surface area contributed by atoms with Crippen molar-refractivity contribution in [2.45, 2.75) is 19.3 Å². The number of aliphatic hydroxyl groups excluding tert-OH is 1. The SMILES string of the molecule is OCC1=Cc2cc(Cc3ncc[nH]3)sc2CC1. The lowest BCUT2D eigenvalue weighted by atomic mass is 9.99. The normalized spacial score (nSPS) is 14.5. The zero-order valence-corrected chi connectivity index (χ0v) is 10.3. The first-order valence-corrected chi connectivity index (χ1v) is 6.57. The van der Waals surface area contributed by atoms with Gasteiger partial charge < -0.3 is 10.1 Å². The van der Waals surface area contributed by atoms with Crippen molar-refractivity contribution in [1.29, 1.82) is 0 Å². The Labute approximate surface area is 104 Å². The molecule has 2 N–H and O–H groups in total. The highest BCUT2D eigenvalue weighted by molar-refractivity contribution is 7.12. The molecule has 0 aliphatic heterocycles. The Morgan fingerprint density at radius 3 is 3.12 bits per heavy atom. The molecule has 2 aromatic heterocycles. The van der Waals surface area contributed by atoms with Crippen molar-refractivity contribution in [3.05, 3.63) is 45.2 Å². The highest BCUT2D eigenvalue weighted by Gasteiger charge is 2.14. The molecule has 1 aliphatic carbocycles. The lowest BCUT2D eigenvalue weighted by Crippen LogP contribution is -1.98. The van der Waals surface area contributed by atoms with Crippen molar-refractivity contribution in [3.8, 4) is 0 Å². The summed E-state index contributed by atoms with van der Waals surface area (Å²) in [6, 6.07) is 2.22. The minimum atomic E-state index is 0.183. The Bertz CT molecular complexity index is 540. The van der Waals surface area contributed by atoms with E-state index in [0.717, 1.165) is 30.7 Å². The lowest BCUT2D eigenvalue weighted by molar-refractivity contribution is 0.327. The van der Waals surface area contributed by atoms with Crippen LogP contribution in [0, 0.1) is 0 Å². The quantitative estimate of drug-likeness (QED) is 0.873. The molecule has 0 spiro atoms. The van der Waals surface area contributed by atoms with Crippen LogP contribution >= 0.6 is 11.3 Å². The molecule has 17 heavy (non-hydrogen) atoms. The van der Waals surface area contributed by atoms with Gasteiger partial charge in [-0.05, 0) is 30.0 Å². The van der Waals surface area contributed by atoms with E-state index in [9.17, 15) is 0 Å². The third-order valence-electron chi connectivity index (χ3n) is 3.03. The number of aromatic amines is 1. The molecule has 0 aromatic carbocycles. The second kappa shape index (κ2) is 4.47. The van der Waals surface area contributed by atoms with Crippen LogP contribution in [0.4, 0.5) is 0 Å². The largest absolute Gasteiger partial charge is 0.392 e. The molecular formula is C13H14N2OS. The average molecular weight is 246 g/mol. The van der Waals surface area contributed by atoms with E-state index in [1.807, 2.05) is 17.5 Å². The summed E-state index contributed by atoms with van der Waals surface area (Å²) in [4.78, 5) is 10.1. The molecule has 4 heteroatoms. The molecule has 1 aliphatic rings. The molecular weight excluding hydrogens is 232 g/mol. The van der Waals surface area contributed by atoms with Gasteiger partial charge in [-0.2, -0.15) is 0 Å². The standard InChI is InChI=1S/C13H14N2OS/c16-8-9-1-2-12-10(5-9)6-11(17-12)7-13-14-3-4-15-13/h3-6,16H,1-2,7-8H2,(H,14,15). The molecule has 0 bridgehead atoms. The number of hydrogen-bond acceptors (Lipinski definition) is 3. The maximum Gasteiger partial charge on any atom is 0.111 e. The zero-order chi connectivity index (χ0) is 11.7. The van der Waals surface area contributed by atoms with Crippen LogP contribution in [-0.2, 0) is 12.8 Å². The Hall–Kier alpha value is -1.39. The van der Waals surface area contributed by atoms with Crippen molar-refractivity contribution in [3.63, 3.8) is 0 Å². The Kier molecular flexibility index (Phi) is 2.82. The summed E-state index contributed by atoms with van der Waals surface area (Å²) in [6.07, 6.45) is 8.68. The minimum absolute atomic E-state index is 0.183. The number of nitrogens with zero attached hydrogens (tertiary/aromatic N) is 1. The predicted octanol–water partition coefficient (Wildman–Crippen LogP) is 2.38. The summed E-state index contributed by atoms with van der Waals surface area (Å²) in [6.45, 7) is 0.183. The average Bonchev–Trinajstić information content (AvgIpc) is 2.96. The number of fused-ring (bicyclic) bond motifs is 1. The van der Waals surface area contributed by atoms with Crippen LogP contribution in [0.1, 0.15) is 27.6 Å². The predicted molar refractivity (Wildman–Crippen MR) is 69.1 cm³/mol. The van der Waals surface area contributed by atoms with Gasteiger partial charge in [-0.3, -0.25) is 0 Å². The summed E-state index contributed by atoms with van der Waals surface area (Å²) in [5.74, 6) is 1.01. The van der Waals surface area contributed by atoms with Crippen molar-refractivity contribution < 1.29 is 5.11 Å². The summed E-state index contributed by atoms with van der Waals surface area (Å²) in [7, 11) is 0. The van der Waals surface area contributed by atoms with Gasteiger partial charge in [0.15, 0.2) is 0 Å². The first kappa shape index (κ1) is 10.7. The fraction of sp³-hybridized carbons (Fsp3) is 0.308. The third-order valence-corrected chi connectivity index (χ3v) is 4.24. The van der Waals surface area contributed by atoms with E-state index in [4.69, 9.17) is 5.11 Å². The van der Waals surface area contributed by atoms with Crippen LogP contribution in [-0.4, -0.2) is 21.7 Å². The highest BCUT2D eigenvalue weighted by Crippen LogP contribution is 2.31. The van der Waals surface area contributed by atoms with Gasteiger partial charge in [0.05, 0.1) is 6.61 Å². The fourth-order valence-corrected chi connectivity index (χ4v) is 3.31. The maximum absolute atomic E-state index is 9.15. The molecule has 0 unspecified atom stereocenters. The second-order valence-corrected chi connectivity index (χ2v) is 5.49. The molecule has 3 rings (SSSR count). The molecule has 2 heterocycles. The van der Waals surface area contributed by atoms with Crippen molar-refractivity contribution in [1.82, 2.24) is 9.97 Å². The van der Waals surface area contributed by atoms with Gasteiger partial charge in [-0.25, -0.2) is 4.98 Å². The van der Waals surface area contributed by atoms with E-state index in [1.165, 1.54) is 15.3 Å². The number of aliphatic hydroxyl groups is 1. The van der Waals surface area contributed by atoms with Crippen molar-refractivity contribution >= 4 is 17.4 Å². The van der Waals surface area contributed by atoms with E-state index in [0.29, 0.717) is 0 Å². The van der Waals surface area contributed by atoms with Gasteiger partial charge in [0.2, 0.25) is 0 Å². The van der Waals surface area contributed by atoms with Gasteiger partial charge in [0.25, 0.3) is 0 Å². The third kappa shape index (κ3) is 2.18. The molecule has 0 fully saturated rings. The fourth-order valence-electron chi connectivity index (χ4n) is 2.16. The molecule has 3 nitrogen and oxygen atoms in total. The van der Waals surface area contributed by atoms with Crippen molar-refractivity contribution in [2.75, 3.05) is 6.61 Å². The maximum atomic E-state index is 9.15. The number of rotatable bonds is 3. The topological polar surface area (TPSA) is 48.9 Å². The van der Waals surface area contributed by atoms with Gasteiger partial charge in [0.1, 0.15) is 5.82 Å². The van der Waals surface area contributed by atoms with Gasteiger partial charge in [-0.1, -0.05) is 6.08 Å². The number of H-pyrrole nitrogens is 1. The molecule has 88 valence electrons. The van der Waals surface area contributed by atoms with Crippen LogP contribution in [0.25, 0.3) is 6.08 Å². The first-order valence-electron chi connectivity index (χ1n) is 5.75. The Morgan fingerprint density at radius 2 is 2.35 bits per heavy atom. The van der Waals surface area contributed by atoms with Crippen LogP contribution in [0.3, 0.4) is 0 Å². The monoisotopic (exact) mass is 246 g/mol. The van der Waals surface area contributed by atoms with Crippen LogP contribution in [0.15, 0.2) is 24.0 Å². The summed E-state index contributed by atoms with van der Waals surface area (Å²) >= 11 is 1.86. The molecule has 0 saturated heterocycles. The number of thiophene rings is 1. The lowest BCUT2D eigenvalue weighted by Gasteiger charge is -2.09. The first-order chi connectivity index (χ1) is 8.35. The van der Waals surface area contributed by atoms with E-state index >= 15 is 0 Å². The Morgan fingerprint density at radius 1 is 1.41 bits per heavy atom. The second-order valence-electron chi connectivity index (χ2n) is 4.26. The molecule has 2 aromatic rings. The van der Waals surface area contributed by atoms with E-state index in [1.54, 1.807) is 6.20 Å². The summed E-state index contributed by atoms with van der Waals surface area (Å²) in [5.41, 5.74) is 2.42. The number of nitrogens with one attached hydrogen (secondary N) is 1. The van der Waals surface area contributed by atoms with Gasteiger partial charge in [0, 0.05) is 28.6 Å². The zero-order valence-electron chi connectivity index (χ0n) is 9.44. The molecule has 0 radical (unpaired) electrons. The van der Waals surface area contributed by atoms with Gasteiger partial charge in [-0.15, -0.1) is 11.3 Å². The number of imidazole rings is 1. The smallest absolute Gasteiger partial charge is 0.111 e. The molecule has 0 saturated carbocycles. The molecule has 0 amide bonds. The van der Waals surface area contributed by atoms with E-state index in [-0.39, 0.29) is 6.61 Å². The minimum Gasteiger partial charge on any atom is -0.392 e. The highest BCUT2D eigenvalue weighted by atomic mass is 32.1. The van der Waals surface area contributed by atoms with Crippen molar-refractivity contribution in [2.24, 2.45) is 0 Å². The van der Waals surface area contributed by atoms with E-state index in [2.05, 4.69) is 22.1 Å². The number of aryl methyl sites for hydroxylation is 1. The van der Waals surface area contributed by atoms with Crippen LogP contribution < -0.4 is 0 Å². The van der Waals surface area contributed by atoms with Gasteiger partial charge >= 0.3 is 0 Å². The van der Waals surface area contributed by atoms with Crippen LogP contribution in [0.5, 0.6) is 0 Å².